The topological polar surface area (TPSA) is 77.8 Å². The van der Waals surface area contributed by atoms with E-state index >= 15 is 0 Å². The van der Waals surface area contributed by atoms with Crippen molar-refractivity contribution in [1.82, 2.24) is 4.90 Å². The van der Waals surface area contributed by atoms with Crippen molar-refractivity contribution >= 4 is 11.8 Å². The van der Waals surface area contributed by atoms with Gasteiger partial charge in [-0.3, -0.25) is 14.5 Å². The fraction of sp³-hybridized carbons (Fsp3) is 0.529. The summed E-state index contributed by atoms with van der Waals surface area (Å²) in [7, 11) is 0. The minimum atomic E-state index is -1.72. The smallest absolute Gasteiger partial charge is 0.261 e. The lowest BCUT2D eigenvalue weighted by atomic mass is 10.0. The molecule has 2 N–H and O–H groups in total. The van der Waals surface area contributed by atoms with Crippen LogP contribution in [0.25, 0.3) is 0 Å². The molecular formula is C17H23NO4. The molecule has 1 aliphatic rings. The highest BCUT2D eigenvalue weighted by molar-refractivity contribution is 6.21. The Morgan fingerprint density at radius 2 is 1.45 bits per heavy atom. The molecule has 1 aliphatic heterocycles. The molecule has 120 valence electrons. The number of unbranched alkanes of at least 4 members (excludes halogenated alkanes) is 1. The number of benzene rings is 1. The summed E-state index contributed by atoms with van der Waals surface area (Å²) in [6, 6.07) is 5.69. The van der Waals surface area contributed by atoms with E-state index in [1.165, 1.54) is 0 Å². The van der Waals surface area contributed by atoms with Gasteiger partial charge in [0.2, 0.25) is 0 Å². The molecule has 0 bridgehead atoms. The Labute approximate surface area is 130 Å². The molecule has 1 unspecified atom stereocenters. The van der Waals surface area contributed by atoms with Gasteiger partial charge in [0.1, 0.15) is 0 Å². The number of hydrogen-bond acceptors (Lipinski definition) is 4. The summed E-state index contributed by atoms with van der Waals surface area (Å²) in [5.41, 5.74) is 0.667. The van der Waals surface area contributed by atoms with Crippen molar-refractivity contribution in [2.45, 2.75) is 51.9 Å². The lowest BCUT2D eigenvalue weighted by molar-refractivity contribution is -0.0886. The van der Waals surface area contributed by atoms with Crippen LogP contribution in [0.4, 0.5) is 0 Å². The van der Waals surface area contributed by atoms with Crippen LogP contribution in [0.3, 0.4) is 0 Å². The summed E-state index contributed by atoms with van der Waals surface area (Å²) < 4.78 is 0. The largest absolute Gasteiger partial charge is 0.366 e. The number of aliphatic hydroxyl groups is 2. The summed E-state index contributed by atoms with van der Waals surface area (Å²) in [5, 5.41) is 19.2. The standard InChI is InChI=1S/C17H23NO4/c1-11(2)7-3-6-10-14(17(21)22)18-15(19)12-8-4-5-9-13(12)16(18)20/h4-5,8-9,11,14,17,21-22H,3,6-7,10H2,1-2H3. The third-order valence-electron chi connectivity index (χ3n) is 4.03. The predicted molar refractivity (Wildman–Crippen MR) is 82.3 cm³/mol. The molecule has 0 aliphatic carbocycles. The molecule has 0 saturated carbocycles. The lowest BCUT2D eigenvalue weighted by Gasteiger charge is -2.27. The summed E-state index contributed by atoms with van der Waals surface area (Å²) >= 11 is 0. The monoisotopic (exact) mass is 305 g/mol. The zero-order valence-corrected chi connectivity index (χ0v) is 13.0. The highest BCUT2D eigenvalue weighted by atomic mass is 16.5. The molecule has 0 saturated heterocycles. The quantitative estimate of drug-likeness (QED) is 0.460. The van der Waals surface area contributed by atoms with Gasteiger partial charge in [0.25, 0.3) is 11.8 Å². The van der Waals surface area contributed by atoms with Crippen molar-refractivity contribution in [3.63, 3.8) is 0 Å². The number of amides is 2. The van der Waals surface area contributed by atoms with Crippen LogP contribution in [0.1, 0.15) is 60.2 Å². The number of nitrogens with zero attached hydrogens (tertiary/aromatic N) is 1. The first-order chi connectivity index (χ1) is 10.4. The average Bonchev–Trinajstić information content (AvgIpc) is 2.72. The van der Waals surface area contributed by atoms with E-state index in [9.17, 15) is 19.8 Å². The summed E-state index contributed by atoms with van der Waals surface area (Å²) in [4.78, 5) is 25.8. The SMILES string of the molecule is CC(C)CCCCC(C(O)O)N1C(=O)c2ccccc2C1=O. The number of rotatable bonds is 7. The van der Waals surface area contributed by atoms with Gasteiger partial charge < -0.3 is 10.2 Å². The molecule has 5 nitrogen and oxygen atoms in total. The van der Waals surface area contributed by atoms with E-state index in [1.54, 1.807) is 24.3 Å². The van der Waals surface area contributed by atoms with E-state index < -0.39 is 24.1 Å². The maximum absolute atomic E-state index is 12.4. The van der Waals surface area contributed by atoms with E-state index in [1.807, 2.05) is 0 Å². The fourth-order valence-corrected chi connectivity index (χ4v) is 2.83. The zero-order chi connectivity index (χ0) is 16.3. The Morgan fingerprint density at radius 3 is 1.91 bits per heavy atom. The fourth-order valence-electron chi connectivity index (χ4n) is 2.83. The van der Waals surface area contributed by atoms with Crippen LogP contribution in [0.5, 0.6) is 0 Å². The Kier molecular flexibility index (Phi) is 5.32. The molecule has 5 heteroatoms. The van der Waals surface area contributed by atoms with Gasteiger partial charge in [0.05, 0.1) is 17.2 Å². The van der Waals surface area contributed by atoms with Gasteiger partial charge in [-0.25, -0.2) is 0 Å². The van der Waals surface area contributed by atoms with Crippen LogP contribution in [0.15, 0.2) is 24.3 Å². The highest BCUT2D eigenvalue weighted by Gasteiger charge is 2.41. The number of imide groups is 1. The van der Waals surface area contributed by atoms with Crippen LogP contribution in [-0.4, -0.2) is 39.3 Å². The highest BCUT2D eigenvalue weighted by Crippen LogP contribution is 2.27. The molecule has 1 atom stereocenters. The van der Waals surface area contributed by atoms with Crippen LogP contribution in [-0.2, 0) is 0 Å². The number of carbonyl (C=O) groups is 2. The Hall–Kier alpha value is -1.72. The molecule has 0 aromatic heterocycles. The second-order valence-corrected chi connectivity index (χ2v) is 6.19. The van der Waals surface area contributed by atoms with Crippen LogP contribution in [0.2, 0.25) is 0 Å². The van der Waals surface area contributed by atoms with Gasteiger partial charge in [-0.05, 0) is 24.5 Å². The summed E-state index contributed by atoms with van der Waals surface area (Å²) in [6.45, 7) is 4.26. The van der Waals surface area contributed by atoms with Crippen LogP contribution >= 0.6 is 0 Å². The molecule has 0 fully saturated rings. The van der Waals surface area contributed by atoms with E-state index in [0.717, 1.165) is 24.2 Å². The Bertz CT molecular complexity index is 518. The third-order valence-corrected chi connectivity index (χ3v) is 4.03. The van der Waals surface area contributed by atoms with Gasteiger partial charge in [-0.2, -0.15) is 0 Å². The maximum Gasteiger partial charge on any atom is 0.261 e. The molecule has 1 aromatic rings. The van der Waals surface area contributed by atoms with E-state index in [0.29, 0.717) is 23.5 Å². The molecule has 2 amide bonds. The number of hydrogen-bond donors (Lipinski definition) is 2. The van der Waals surface area contributed by atoms with Gasteiger partial charge in [0.15, 0.2) is 6.29 Å². The van der Waals surface area contributed by atoms with Gasteiger partial charge in [-0.1, -0.05) is 45.2 Å². The lowest BCUT2D eigenvalue weighted by Crippen LogP contribution is -2.46. The van der Waals surface area contributed by atoms with Crippen molar-refractivity contribution in [2.75, 3.05) is 0 Å². The molecule has 1 heterocycles. The molecule has 0 radical (unpaired) electrons. The summed E-state index contributed by atoms with van der Waals surface area (Å²) in [6.07, 6.45) is 1.39. The third kappa shape index (κ3) is 3.36. The first kappa shape index (κ1) is 16.6. The zero-order valence-electron chi connectivity index (χ0n) is 13.0. The number of fused-ring (bicyclic) bond motifs is 1. The second kappa shape index (κ2) is 7.03. The minimum Gasteiger partial charge on any atom is -0.366 e. The number of aliphatic hydroxyl groups excluding tert-OH is 1. The summed E-state index contributed by atoms with van der Waals surface area (Å²) in [5.74, 6) is -0.304. The number of carbonyl (C=O) groups excluding carboxylic acids is 2. The first-order valence-electron chi connectivity index (χ1n) is 7.76. The van der Waals surface area contributed by atoms with E-state index in [2.05, 4.69) is 13.8 Å². The Morgan fingerprint density at radius 1 is 0.955 bits per heavy atom. The molecular weight excluding hydrogens is 282 g/mol. The van der Waals surface area contributed by atoms with Crippen molar-refractivity contribution in [3.8, 4) is 0 Å². The predicted octanol–water partition coefficient (Wildman–Crippen LogP) is 2.18. The van der Waals surface area contributed by atoms with Crippen molar-refractivity contribution < 1.29 is 19.8 Å². The maximum atomic E-state index is 12.4. The minimum absolute atomic E-state index is 0.334. The van der Waals surface area contributed by atoms with Crippen molar-refractivity contribution in [3.05, 3.63) is 35.4 Å². The first-order valence-corrected chi connectivity index (χ1v) is 7.76. The van der Waals surface area contributed by atoms with E-state index in [4.69, 9.17) is 0 Å². The van der Waals surface area contributed by atoms with Crippen molar-refractivity contribution in [2.24, 2.45) is 5.92 Å². The normalized spacial score (nSPS) is 15.8. The van der Waals surface area contributed by atoms with Crippen LogP contribution in [0, 0.1) is 5.92 Å². The average molecular weight is 305 g/mol. The van der Waals surface area contributed by atoms with Crippen LogP contribution < -0.4 is 0 Å². The van der Waals surface area contributed by atoms with Gasteiger partial charge in [-0.15, -0.1) is 0 Å². The van der Waals surface area contributed by atoms with Gasteiger partial charge in [0, 0.05) is 0 Å². The molecule has 0 spiro atoms. The molecule has 1 aromatic carbocycles. The van der Waals surface area contributed by atoms with Crippen molar-refractivity contribution in [1.29, 1.82) is 0 Å². The second-order valence-electron chi connectivity index (χ2n) is 6.19. The Balaban J connectivity index is 2.10. The van der Waals surface area contributed by atoms with Gasteiger partial charge >= 0.3 is 0 Å². The van der Waals surface area contributed by atoms with E-state index in [-0.39, 0.29) is 0 Å². The molecule has 22 heavy (non-hydrogen) atoms. The molecule has 2 rings (SSSR count).